The Balaban J connectivity index is 1.89. The summed E-state index contributed by atoms with van der Waals surface area (Å²) >= 11 is 1.68. The van der Waals surface area contributed by atoms with E-state index in [9.17, 15) is 32.0 Å². The van der Waals surface area contributed by atoms with Gasteiger partial charge in [-0.2, -0.15) is 18.4 Å². The number of benzene rings is 2. The molecule has 0 fully saturated rings. The second kappa shape index (κ2) is 11.5. The number of nitrogens with zero attached hydrogens (tertiary/aromatic N) is 2. The maximum atomic E-state index is 14.5. The second-order valence-corrected chi connectivity index (χ2v) is 9.99. The minimum atomic E-state index is -5.00. The molecule has 0 saturated carbocycles. The Labute approximate surface area is 225 Å². The molecule has 0 aliphatic carbocycles. The third kappa shape index (κ3) is 6.09. The molecule has 0 aliphatic heterocycles. The number of thioether (sulfide) groups is 1. The lowest BCUT2D eigenvalue weighted by Crippen LogP contribution is -2.29. The van der Waals surface area contributed by atoms with Crippen molar-refractivity contribution in [2.24, 2.45) is 0 Å². The van der Waals surface area contributed by atoms with Crippen LogP contribution in [0.15, 0.2) is 68.9 Å². The molecule has 4 aromatic rings. The molecule has 2 heterocycles. The van der Waals surface area contributed by atoms with Crippen molar-refractivity contribution in [2.45, 2.75) is 44.3 Å². The van der Waals surface area contributed by atoms with Crippen LogP contribution in [0.4, 0.5) is 22.0 Å². The summed E-state index contributed by atoms with van der Waals surface area (Å²) in [6.45, 7) is 3.53. The van der Waals surface area contributed by atoms with Crippen molar-refractivity contribution in [3.05, 3.63) is 99.0 Å². The van der Waals surface area contributed by atoms with Crippen molar-refractivity contribution in [3.63, 3.8) is 0 Å². The summed E-state index contributed by atoms with van der Waals surface area (Å²) in [5, 5.41) is 9.38. The lowest BCUT2D eigenvalue weighted by molar-refractivity contribution is -0.137. The van der Waals surface area contributed by atoms with E-state index in [0.717, 1.165) is 51.3 Å². The molecule has 0 atom stereocenters. The summed E-state index contributed by atoms with van der Waals surface area (Å²) < 4.78 is 75.9. The number of hydrogen-bond acceptors (Lipinski definition) is 4. The van der Waals surface area contributed by atoms with E-state index >= 15 is 0 Å². The molecule has 39 heavy (non-hydrogen) atoms. The van der Waals surface area contributed by atoms with E-state index in [4.69, 9.17) is 4.42 Å². The number of rotatable bonds is 8. The fourth-order valence-electron chi connectivity index (χ4n) is 4.12. The normalized spacial score (nSPS) is 11.5. The van der Waals surface area contributed by atoms with Gasteiger partial charge in [-0.25, -0.2) is 8.78 Å². The molecule has 0 N–H and O–H groups in total. The van der Waals surface area contributed by atoms with Crippen LogP contribution in [0, 0.1) is 23.0 Å². The van der Waals surface area contributed by atoms with Crippen molar-refractivity contribution in [2.75, 3.05) is 5.75 Å². The fourth-order valence-corrected chi connectivity index (χ4v) is 5.00. The zero-order chi connectivity index (χ0) is 28.3. The van der Waals surface area contributed by atoms with Gasteiger partial charge in [0.25, 0.3) is 5.56 Å². The molecule has 202 valence electrons. The zero-order valence-corrected chi connectivity index (χ0v) is 21.9. The van der Waals surface area contributed by atoms with Crippen LogP contribution in [-0.4, -0.2) is 10.3 Å². The van der Waals surface area contributed by atoms with Gasteiger partial charge in [-0.1, -0.05) is 26.0 Å². The fraction of sp³-hybridized carbons (Fsp3) is 0.241. The Hall–Kier alpha value is -3.84. The maximum absolute atomic E-state index is 14.5. The molecule has 4 rings (SSSR count). The van der Waals surface area contributed by atoms with Crippen LogP contribution >= 0.6 is 11.8 Å². The van der Waals surface area contributed by atoms with Gasteiger partial charge in [0.1, 0.15) is 23.3 Å². The van der Waals surface area contributed by atoms with Gasteiger partial charge < -0.3 is 4.42 Å². The Kier molecular flexibility index (Phi) is 8.31. The average Bonchev–Trinajstić information content (AvgIpc) is 3.39. The Bertz CT molecular complexity index is 1620. The van der Waals surface area contributed by atoms with Gasteiger partial charge >= 0.3 is 6.18 Å². The first-order chi connectivity index (χ1) is 18.5. The highest BCUT2D eigenvalue weighted by Gasteiger charge is 2.37. The highest BCUT2D eigenvalue weighted by molar-refractivity contribution is 7.99. The number of halogens is 5. The number of aryl methyl sites for hydroxylation is 1. The molecule has 10 heteroatoms. The number of furan rings is 1. The van der Waals surface area contributed by atoms with Crippen LogP contribution in [0.3, 0.4) is 0 Å². The third-order valence-corrected chi connectivity index (χ3v) is 7.28. The maximum Gasteiger partial charge on any atom is 0.417 e. The van der Waals surface area contributed by atoms with Crippen molar-refractivity contribution >= 4 is 11.8 Å². The summed E-state index contributed by atoms with van der Waals surface area (Å²) in [4.78, 5) is 14.2. The molecule has 2 aromatic heterocycles. The quantitative estimate of drug-likeness (QED) is 0.162. The Morgan fingerprint density at radius 2 is 1.79 bits per heavy atom. The molecule has 4 nitrogen and oxygen atoms in total. The SMILES string of the molecule is CCCSc1cc(CC)cc(-c2coc(-c3cc(C(F)(F)F)c(C#N)c(=O)n3Cc3ccc(F)cc3F)c2)c1. The van der Waals surface area contributed by atoms with Crippen LogP contribution in [0.25, 0.3) is 22.6 Å². The number of pyridine rings is 1. The van der Waals surface area contributed by atoms with E-state index in [1.165, 1.54) is 18.4 Å². The van der Waals surface area contributed by atoms with Gasteiger partial charge in [-0.15, -0.1) is 11.8 Å². The first kappa shape index (κ1) is 28.2. The van der Waals surface area contributed by atoms with E-state index in [1.807, 2.05) is 19.1 Å². The van der Waals surface area contributed by atoms with Crippen molar-refractivity contribution in [3.8, 4) is 28.7 Å². The highest BCUT2D eigenvalue weighted by atomic mass is 32.2. The standard InChI is InChI=1S/C29H23F5N2O2S/c1-3-7-39-22-9-17(4-2)8-19(10-22)20-11-27(38-16-20)26-13-24(29(32,33)34)23(14-35)28(37)36(26)15-18-5-6-21(30)12-25(18)31/h5-6,8-13,16H,3-4,7,15H2,1-2H3. The minimum absolute atomic E-state index is 0.0794. The van der Waals surface area contributed by atoms with Crippen LogP contribution in [0.5, 0.6) is 0 Å². The van der Waals surface area contributed by atoms with Gasteiger partial charge in [0.2, 0.25) is 0 Å². The van der Waals surface area contributed by atoms with Gasteiger partial charge in [0.15, 0.2) is 5.76 Å². The first-order valence-corrected chi connectivity index (χ1v) is 13.1. The topological polar surface area (TPSA) is 58.9 Å². The van der Waals surface area contributed by atoms with E-state index < -0.39 is 41.0 Å². The van der Waals surface area contributed by atoms with Crippen molar-refractivity contribution < 1.29 is 26.4 Å². The second-order valence-electron chi connectivity index (χ2n) is 8.82. The zero-order valence-electron chi connectivity index (χ0n) is 21.0. The van der Waals surface area contributed by atoms with E-state index in [0.29, 0.717) is 17.7 Å². The molecule has 2 aromatic carbocycles. The largest absolute Gasteiger partial charge is 0.462 e. The Morgan fingerprint density at radius 3 is 2.44 bits per heavy atom. The highest BCUT2D eigenvalue weighted by Crippen LogP contribution is 2.36. The molecule has 0 saturated heterocycles. The molecular formula is C29H23F5N2O2S. The molecule has 0 unspecified atom stereocenters. The van der Waals surface area contributed by atoms with Crippen molar-refractivity contribution in [1.29, 1.82) is 5.26 Å². The third-order valence-electron chi connectivity index (χ3n) is 6.09. The lowest BCUT2D eigenvalue weighted by atomic mass is 10.0. The van der Waals surface area contributed by atoms with E-state index in [2.05, 4.69) is 13.0 Å². The summed E-state index contributed by atoms with van der Waals surface area (Å²) in [5.41, 5.74) is -1.85. The molecule has 0 radical (unpaired) electrons. The van der Waals surface area contributed by atoms with Crippen LogP contribution in [0.1, 0.15) is 42.5 Å². The Morgan fingerprint density at radius 1 is 1.03 bits per heavy atom. The molecule has 0 amide bonds. The summed E-state index contributed by atoms with van der Waals surface area (Å²) in [5.74, 6) is -0.999. The van der Waals surface area contributed by atoms with Crippen molar-refractivity contribution in [1.82, 2.24) is 4.57 Å². The average molecular weight is 559 g/mol. The first-order valence-electron chi connectivity index (χ1n) is 12.1. The van der Waals surface area contributed by atoms with Gasteiger partial charge in [0, 0.05) is 22.1 Å². The number of hydrogen-bond donors (Lipinski definition) is 0. The van der Waals surface area contributed by atoms with Crippen LogP contribution in [-0.2, 0) is 19.1 Å². The van der Waals surface area contributed by atoms with E-state index in [-0.39, 0.29) is 17.0 Å². The molecule has 0 bridgehead atoms. The predicted molar refractivity (Wildman–Crippen MR) is 139 cm³/mol. The molecular weight excluding hydrogens is 535 g/mol. The summed E-state index contributed by atoms with van der Waals surface area (Å²) in [7, 11) is 0. The van der Waals surface area contributed by atoms with Gasteiger partial charge in [0.05, 0.1) is 24.1 Å². The number of nitriles is 1. The predicted octanol–water partition coefficient (Wildman–Crippen LogP) is 8.06. The summed E-state index contributed by atoms with van der Waals surface area (Å²) in [6.07, 6.45) is -1.88. The van der Waals surface area contributed by atoms with Gasteiger partial charge in [-0.3, -0.25) is 9.36 Å². The minimum Gasteiger partial charge on any atom is -0.462 e. The molecule has 0 spiro atoms. The monoisotopic (exact) mass is 558 g/mol. The summed E-state index contributed by atoms with van der Waals surface area (Å²) in [6, 6.07) is 12.1. The number of aromatic nitrogens is 1. The van der Waals surface area contributed by atoms with E-state index in [1.54, 1.807) is 11.8 Å². The molecule has 0 aliphatic rings. The number of alkyl halides is 3. The van der Waals surface area contributed by atoms with Crippen LogP contribution in [0.2, 0.25) is 0 Å². The lowest BCUT2D eigenvalue weighted by Gasteiger charge is -2.16. The van der Waals surface area contributed by atoms with Gasteiger partial charge in [-0.05, 0) is 60.1 Å². The smallest absolute Gasteiger partial charge is 0.417 e. The van der Waals surface area contributed by atoms with Crippen LogP contribution < -0.4 is 5.56 Å².